The maximum Gasteiger partial charge on any atom is 0.416 e. The molecule has 0 spiro atoms. The Morgan fingerprint density at radius 1 is 0.862 bits per heavy atom. The highest BCUT2D eigenvalue weighted by molar-refractivity contribution is 7.89. The van der Waals surface area contributed by atoms with Crippen LogP contribution in [0.2, 0.25) is 0 Å². The molecule has 4 N–H and O–H groups in total. The molecule has 0 unspecified atom stereocenters. The molecule has 0 atom stereocenters. The van der Waals surface area contributed by atoms with Gasteiger partial charge in [0, 0.05) is 11.4 Å². The van der Waals surface area contributed by atoms with E-state index in [2.05, 4.69) is 5.32 Å². The molecule has 0 aliphatic rings. The lowest BCUT2D eigenvalue weighted by Gasteiger charge is -2.15. The van der Waals surface area contributed by atoms with Crippen LogP contribution in [0.25, 0.3) is 0 Å². The van der Waals surface area contributed by atoms with Crippen molar-refractivity contribution in [2.24, 2.45) is 5.14 Å². The second kappa shape index (κ2) is 7.91. The molecular formula is C16H13F6N3O3S. The molecular weight excluding hydrogens is 428 g/mol. The number of benzene rings is 2. The second-order valence-corrected chi connectivity index (χ2v) is 7.33. The number of amides is 1. The van der Waals surface area contributed by atoms with Crippen LogP contribution < -0.4 is 15.8 Å². The van der Waals surface area contributed by atoms with Gasteiger partial charge in [-0.15, -0.1) is 0 Å². The molecule has 0 bridgehead atoms. The first kappa shape index (κ1) is 22.5. The van der Waals surface area contributed by atoms with E-state index >= 15 is 0 Å². The Hall–Kier alpha value is -2.80. The van der Waals surface area contributed by atoms with Crippen LogP contribution in [-0.2, 0) is 27.2 Å². The molecule has 0 aromatic heterocycles. The van der Waals surface area contributed by atoms with E-state index < -0.39 is 51.6 Å². The average Bonchev–Trinajstić information content (AvgIpc) is 2.58. The van der Waals surface area contributed by atoms with E-state index in [9.17, 15) is 39.6 Å². The van der Waals surface area contributed by atoms with Crippen molar-refractivity contribution in [1.82, 2.24) is 0 Å². The van der Waals surface area contributed by atoms with Crippen molar-refractivity contribution in [3.8, 4) is 0 Å². The molecule has 0 radical (unpaired) electrons. The number of carbonyl (C=O) groups is 1. The lowest BCUT2D eigenvalue weighted by Crippen LogP contribution is -2.22. The fourth-order valence-corrected chi connectivity index (χ4v) is 2.69. The van der Waals surface area contributed by atoms with Gasteiger partial charge in [0.2, 0.25) is 15.9 Å². The van der Waals surface area contributed by atoms with Crippen LogP contribution >= 0.6 is 0 Å². The first-order chi connectivity index (χ1) is 13.2. The number of sulfonamides is 1. The monoisotopic (exact) mass is 441 g/mol. The van der Waals surface area contributed by atoms with Crippen LogP contribution in [0.1, 0.15) is 11.1 Å². The van der Waals surface area contributed by atoms with Crippen LogP contribution in [0.4, 0.5) is 37.7 Å². The van der Waals surface area contributed by atoms with E-state index in [0.29, 0.717) is 12.1 Å². The number of hydrogen-bond acceptors (Lipinski definition) is 4. The van der Waals surface area contributed by atoms with Gasteiger partial charge in [-0.3, -0.25) is 4.79 Å². The molecule has 29 heavy (non-hydrogen) atoms. The Morgan fingerprint density at radius 2 is 1.34 bits per heavy atom. The minimum Gasteiger partial charge on any atom is -0.376 e. The highest BCUT2D eigenvalue weighted by Gasteiger charge is 2.37. The van der Waals surface area contributed by atoms with E-state index in [-0.39, 0.29) is 16.6 Å². The standard InChI is InChI=1S/C16H13F6N3O3S/c17-15(18,19)9-5-10(16(20,21)22)7-12(6-9)25-14(26)8-24-11-1-3-13(4-2-11)29(23,27)28/h1-7,24H,8H2,(H,25,26)(H2,23,27,28). The highest BCUT2D eigenvalue weighted by atomic mass is 32.2. The van der Waals surface area contributed by atoms with Crippen LogP contribution in [0.5, 0.6) is 0 Å². The highest BCUT2D eigenvalue weighted by Crippen LogP contribution is 2.37. The molecule has 6 nitrogen and oxygen atoms in total. The lowest BCUT2D eigenvalue weighted by atomic mass is 10.1. The fraction of sp³-hybridized carbons (Fsp3) is 0.188. The van der Waals surface area contributed by atoms with Gasteiger partial charge in [-0.1, -0.05) is 0 Å². The number of anilines is 2. The van der Waals surface area contributed by atoms with E-state index in [1.54, 1.807) is 0 Å². The summed E-state index contributed by atoms with van der Waals surface area (Å²) in [5, 5.41) is 9.42. The molecule has 0 saturated carbocycles. The zero-order valence-electron chi connectivity index (χ0n) is 14.2. The van der Waals surface area contributed by atoms with Crippen LogP contribution in [-0.4, -0.2) is 20.9 Å². The first-order valence-corrected chi connectivity index (χ1v) is 9.17. The van der Waals surface area contributed by atoms with E-state index in [1.165, 1.54) is 12.1 Å². The average molecular weight is 441 g/mol. The maximum absolute atomic E-state index is 12.8. The van der Waals surface area contributed by atoms with Gasteiger partial charge < -0.3 is 10.6 Å². The Balaban J connectivity index is 2.12. The van der Waals surface area contributed by atoms with Gasteiger partial charge in [0.1, 0.15) is 0 Å². The number of nitrogens with two attached hydrogens (primary N) is 1. The zero-order valence-corrected chi connectivity index (χ0v) is 15.0. The molecule has 0 fully saturated rings. The van der Waals surface area contributed by atoms with Crippen molar-refractivity contribution in [3.63, 3.8) is 0 Å². The van der Waals surface area contributed by atoms with Crippen LogP contribution in [0, 0.1) is 0 Å². The number of primary sulfonamides is 1. The van der Waals surface area contributed by atoms with E-state index in [0.717, 1.165) is 12.1 Å². The van der Waals surface area contributed by atoms with Crippen molar-refractivity contribution in [2.75, 3.05) is 17.2 Å². The third-order valence-corrected chi connectivity index (χ3v) is 4.44. The van der Waals surface area contributed by atoms with Crippen LogP contribution in [0.15, 0.2) is 47.4 Å². The minimum atomic E-state index is -5.04. The van der Waals surface area contributed by atoms with Crippen LogP contribution in [0.3, 0.4) is 0 Å². The molecule has 2 rings (SSSR count). The van der Waals surface area contributed by atoms with Crippen molar-refractivity contribution >= 4 is 27.3 Å². The normalized spacial score (nSPS) is 12.5. The Labute approximate surface area is 160 Å². The summed E-state index contributed by atoms with van der Waals surface area (Å²) in [5.41, 5.74) is -3.53. The SMILES string of the molecule is NS(=O)(=O)c1ccc(NCC(=O)Nc2cc(C(F)(F)F)cc(C(F)(F)F)c2)cc1. The Morgan fingerprint density at radius 3 is 1.76 bits per heavy atom. The summed E-state index contributed by atoms with van der Waals surface area (Å²) in [6.45, 7) is -0.508. The largest absolute Gasteiger partial charge is 0.416 e. The zero-order chi connectivity index (χ0) is 22.0. The summed E-state index contributed by atoms with van der Waals surface area (Å²) in [7, 11) is -3.91. The van der Waals surface area contributed by atoms with E-state index in [4.69, 9.17) is 5.14 Å². The summed E-state index contributed by atoms with van der Waals surface area (Å²) in [4.78, 5) is 11.7. The number of carbonyl (C=O) groups excluding carboxylic acids is 1. The molecule has 1 amide bonds. The van der Waals surface area contributed by atoms with Crippen molar-refractivity contribution < 1.29 is 39.6 Å². The molecule has 2 aromatic rings. The van der Waals surface area contributed by atoms with Gasteiger partial charge >= 0.3 is 12.4 Å². The summed E-state index contributed by atoms with van der Waals surface area (Å²) in [6.07, 6.45) is -10.1. The van der Waals surface area contributed by atoms with Gasteiger partial charge in [0.05, 0.1) is 22.6 Å². The van der Waals surface area contributed by atoms with Gasteiger partial charge in [0.15, 0.2) is 0 Å². The maximum atomic E-state index is 12.8. The molecule has 158 valence electrons. The third-order valence-electron chi connectivity index (χ3n) is 3.51. The number of halogens is 6. The number of nitrogens with one attached hydrogen (secondary N) is 2. The first-order valence-electron chi connectivity index (χ1n) is 7.62. The van der Waals surface area contributed by atoms with Gasteiger partial charge in [-0.25, -0.2) is 13.6 Å². The fourth-order valence-electron chi connectivity index (χ4n) is 2.18. The predicted molar refractivity (Wildman–Crippen MR) is 91.4 cm³/mol. The topological polar surface area (TPSA) is 101 Å². The quantitative estimate of drug-likeness (QED) is 0.619. The molecule has 0 saturated heterocycles. The minimum absolute atomic E-state index is 0.0546. The Kier molecular flexibility index (Phi) is 6.13. The lowest BCUT2D eigenvalue weighted by molar-refractivity contribution is -0.143. The van der Waals surface area contributed by atoms with Crippen molar-refractivity contribution in [3.05, 3.63) is 53.6 Å². The molecule has 0 aliphatic heterocycles. The second-order valence-electron chi connectivity index (χ2n) is 5.77. The number of rotatable bonds is 5. The number of alkyl halides is 6. The van der Waals surface area contributed by atoms with Gasteiger partial charge in [-0.2, -0.15) is 26.3 Å². The summed E-state index contributed by atoms with van der Waals surface area (Å²) in [6, 6.07) is 5.57. The summed E-state index contributed by atoms with van der Waals surface area (Å²) < 4.78 is 99.2. The molecule has 0 heterocycles. The molecule has 0 aliphatic carbocycles. The van der Waals surface area contributed by atoms with Crippen molar-refractivity contribution in [1.29, 1.82) is 0 Å². The molecule has 2 aromatic carbocycles. The summed E-state index contributed by atoms with van der Waals surface area (Å²) >= 11 is 0. The van der Waals surface area contributed by atoms with Gasteiger partial charge in [0.25, 0.3) is 0 Å². The predicted octanol–water partition coefficient (Wildman–Crippen LogP) is 3.42. The number of hydrogen-bond donors (Lipinski definition) is 3. The van der Waals surface area contributed by atoms with Crippen molar-refractivity contribution in [2.45, 2.75) is 17.2 Å². The molecule has 13 heteroatoms. The van der Waals surface area contributed by atoms with E-state index in [1.807, 2.05) is 5.32 Å². The smallest absolute Gasteiger partial charge is 0.376 e. The summed E-state index contributed by atoms with van der Waals surface area (Å²) in [5.74, 6) is -0.923. The Bertz CT molecular complexity index is 970. The van der Waals surface area contributed by atoms with Gasteiger partial charge in [-0.05, 0) is 42.5 Å². The third kappa shape index (κ3) is 6.35.